The van der Waals surface area contributed by atoms with Crippen LogP contribution in [-0.2, 0) is 6.54 Å². The first-order chi connectivity index (χ1) is 9.67. The molecule has 0 aliphatic carbocycles. The van der Waals surface area contributed by atoms with Crippen LogP contribution in [0.5, 0.6) is 0 Å². The second kappa shape index (κ2) is 6.88. The second-order valence-electron chi connectivity index (χ2n) is 5.47. The van der Waals surface area contributed by atoms with E-state index in [1.54, 1.807) is 0 Å². The van der Waals surface area contributed by atoms with Crippen molar-refractivity contribution in [1.82, 2.24) is 20.0 Å². The first-order valence-corrected chi connectivity index (χ1v) is 7.73. The summed E-state index contributed by atoms with van der Waals surface area (Å²) in [5.41, 5.74) is 1.65. The molecule has 5 heteroatoms. The second-order valence-corrected chi connectivity index (χ2v) is 5.47. The predicted octanol–water partition coefficient (Wildman–Crippen LogP) is 1.82. The average molecular weight is 278 g/mol. The first kappa shape index (κ1) is 15.0. The third kappa shape index (κ3) is 3.20. The summed E-state index contributed by atoms with van der Waals surface area (Å²) in [6.45, 7) is 9.67. The van der Waals surface area contributed by atoms with Crippen molar-refractivity contribution in [2.45, 2.75) is 52.6 Å². The van der Waals surface area contributed by atoms with Crippen molar-refractivity contribution in [3.63, 3.8) is 0 Å². The van der Waals surface area contributed by atoms with Gasteiger partial charge in [-0.3, -0.25) is 9.48 Å². The highest BCUT2D eigenvalue weighted by Crippen LogP contribution is 2.17. The molecule has 0 radical (unpaired) electrons. The maximum Gasteiger partial charge on any atom is 0.272 e. The minimum absolute atomic E-state index is 0.140. The van der Waals surface area contributed by atoms with E-state index < -0.39 is 0 Å². The number of hydrogen-bond donors (Lipinski definition) is 1. The molecule has 0 spiro atoms. The Morgan fingerprint density at radius 1 is 1.45 bits per heavy atom. The van der Waals surface area contributed by atoms with Crippen molar-refractivity contribution in [2.24, 2.45) is 0 Å². The van der Waals surface area contributed by atoms with E-state index in [-0.39, 0.29) is 5.91 Å². The molecule has 1 aliphatic heterocycles. The summed E-state index contributed by atoms with van der Waals surface area (Å²) < 4.78 is 1.82. The van der Waals surface area contributed by atoms with Crippen LogP contribution >= 0.6 is 0 Å². The fraction of sp³-hybridized carbons (Fsp3) is 0.733. The molecule has 1 saturated heterocycles. The highest BCUT2D eigenvalue weighted by molar-refractivity contribution is 5.93. The molecule has 20 heavy (non-hydrogen) atoms. The third-order valence-corrected chi connectivity index (χ3v) is 3.90. The number of hydrogen-bond acceptors (Lipinski definition) is 3. The molecule has 1 amide bonds. The lowest BCUT2D eigenvalue weighted by molar-refractivity contribution is 0.0630. The quantitative estimate of drug-likeness (QED) is 0.894. The van der Waals surface area contributed by atoms with Crippen molar-refractivity contribution in [3.05, 3.63) is 17.5 Å². The highest BCUT2D eigenvalue weighted by Gasteiger charge is 2.27. The summed E-state index contributed by atoms with van der Waals surface area (Å²) in [6, 6.07) is 2.28. The van der Waals surface area contributed by atoms with E-state index in [0.29, 0.717) is 6.04 Å². The summed E-state index contributed by atoms with van der Waals surface area (Å²) in [7, 11) is 0. The van der Waals surface area contributed by atoms with Gasteiger partial charge < -0.3 is 10.2 Å². The Morgan fingerprint density at radius 2 is 2.15 bits per heavy atom. The summed E-state index contributed by atoms with van der Waals surface area (Å²) in [5, 5.41) is 7.76. The number of amides is 1. The molecule has 1 aliphatic rings. The van der Waals surface area contributed by atoms with Crippen LogP contribution in [0, 0.1) is 6.92 Å². The Morgan fingerprint density at radius 3 is 2.75 bits per heavy atom. The van der Waals surface area contributed by atoms with Crippen LogP contribution in [0.2, 0.25) is 0 Å². The zero-order valence-corrected chi connectivity index (χ0v) is 12.9. The Hall–Kier alpha value is -1.36. The number of carbonyl (C=O) groups is 1. The molecule has 5 nitrogen and oxygen atoms in total. The van der Waals surface area contributed by atoms with Crippen LogP contribution in [0.4, 0.5) is 0 Å². The Bertz CT molecular complexity index is 449. The van der Waals surface area contributed by atoms with E-state index in [1.807, 2.05) is 24.6 Å². The molecule has 2 heterocycles. The molecule has 2 rings (SSSR count). The van der Waals surface area contributed by atoms with Gasteiger partial charge in [-0.1, -0.05) is 6.92 Å². The molecule has 1 fully saturated rings. The Kier molecular flexibility index (Phi) is 5.17. The first-order valence-electron chi connectivity index (χ1n) is 7.73. The minimum atomic E-state index is 0.140. The van der Waals surface area contributed by atoms with Crippen molar-refractivity contribution in [3.8, 4) is 0 Å². The van der Waals surface area contributed by atoms with Gasteiger partial charge in [-0.2, -0.15) is 5.10 Å². The molecule has 0 bridgehead atoms. The molecular formula is C15H26N4O. The topological polar surface area (TPSA) is 50.2 Å². The smallest absolute Gasteiger partial charge is 0.272 e. The number of rotatable bonds is 5. The van der Waals surface area contributed by atoms with Gasteiger partial charge in [0.15, 0.2) is 0 Å². The molecule has 0 unspecified atom stereocenters. The minimum Gasteiger partial charge on any atom is -0.334 e. The normalized spacial score (nSPS) is 16.4. The fourth-order valence-corrected chi connectivity index (χ4v) is 2.92. The van der Waals surface area contributed by atoms with Gasteiger partial charge >= 0.3 is 0 Å². The van der Waals surface area contributed by atoms with E-state index >= 15 is 0 Å². The van der Waals surface area contributed by atoms with E-state index in [0.717, 1.165) is 56.8 Å². The summed E-state index contributed by atoms with van der Waals surface area (Å²) in [5.74, 6) is 0.140. The molecule has 1 aromatic rings. The van der Waals surface area contributed by atoms with E-state index in [4.69, 9.17) is 0 Å². The summed E-state index contributed by atoms with van der Waals surface area (Å²) in [6.07, 6.45) is 3.09. The molecule has 1 N–H and O–H groups in total. The van der Waals surface area contributed by atoms with Crippen LogP contribution in [0.25, 0.3) is 0 Å². The average Bonchev–Trinajstić information content (AvgIpc) is 2.86. The van der Waals surface area contributed by atoms with Crippen molar-refractivity contribution in [2.75, 3.05) is 19.6 Å². The zero-order valence-electron chi connectivity index (χ0n) is 12.9. The fourth-order valence-electron chi connectivity index (χ4n) is 2.92. The highest BCUT2D eigenvalue weighted by atomic mass is 16.2. The van der Waals surface area contributed by atoms with Crippen LogP contribution in [-0.4, -0.2) is 46.3 Å². The van der Waals surface area contributed by atoms with Gasteiger partial charge in [-0.05, 0) is 52.3 Å². The molecule has 0 saturated carbocycles. The molecule has 0 aromatic carbocycles. The standard InChI is InChI=1S/C15H26N4O/c1-4-10-18(13-6-8-16-9-7-13)15(20)14-11-12(3)17-19(14)5-2/h11,13,16H,4-10H2,1-3H3. The number of piperidine rings is 1. The summed E-state index contributed by atoms with van der Waals surface area (Å²) in [4.78, 5) is 14.9. The van der Waals surface area contributed by atoms with Gasteiger partial charge in [0.05, 0.1) is 5.69 Å². The maximum absolute atomic E-state index is 12.9. The third-order valence-electron chi connectivity index (χ3n) is 3.90. The van der Waals surface area contributed by atoms with E-state index in [2.05, 4.69) is 22.2 Å². The lowest BCUT2D eigenvalue weighted by atomic mass is 10.0. The van der Waals surface area contributed by atoms with Crippen molar-refractivity contribution < 1.29 is 4.79 Å². The lowest BCUT2D eigenvalue weighted by Gasteiger charge is -2.34. The Labute approximate surface area is 121 Å². The predicted molar refractivity (Wildman–Crippen MR) is 79.9 cm³/mol. The Balaban J connectivity index is 2.20. The van der Waals surface area contributed by atoms with Gasteiger partial charge in [0.25, 0.3) is 5.91 Å². The van der Waals surface area contributed by atoms with E-state index in [1.165, 1.54) is 0 Å². The molecule has 1 aromatic heterocycles. The zero-order chi connectivity index (χ0) is 14.5. The SMILES string of the molecule is CCCN(C(=O)c1cc(C)nn1CC)C1CCNCC1. The van der Waals surface area contributed by atoms with Crippen LogP contribution in [0.3, 0.4) is 0 Å². The number of aryl methyl sites for hydroxylation is 2. The largest absolute Gasteiger partial charge is 0.334 e. The van der Waals surface area contributed by atoms with Gasteiger partial charge in [0, 0.05) is 19.1 Å². The van der Waals surface area contributed by atoms with Gasteiger partial charge in [0.1, 0.15) is 5.69 Å². The molecule has 112 valence electrons. The van der Waals surface area contributed by atoms with Gasteiger partial charge in [-0.25, -0.2) is 0 Å². The van der Waals surface area contributed by atoms with Crippen LogP contribution < -0.4 is 5.32 Å². The van der Waals surface area contributed by atoms with Crippen molar-refractivity contribution >= 4 is 5.91 Å². The monoisotopic (exact) mass is 278 g/mol. The number of aromatic nitrogens is 2. The maximum atomic E-state index is 12.9. The number of carbonyl (C=O) groups excluding carboxylic acids is 1. The van der Waals surface area contributed by atoms with E-state index in [9.17, 15) is 4.79 Å². The van der Waals surface area contributed by atoms with Gasteiger partial charge in [-0.15, -0.1) is 0 Å². The van der Waals surface area contributed by atoms with Crippen molar-refractivity contribution in [1.29, 1.82) is 0 Å². The number of nitrogens with one attached hydrogen (secondary N) is 1. The molecular weight excluding hydrogens is 252 g/mol. The lowest BCUT2D eigenvalue weighted by Crippen LogP contribution is -2.47. The number of nitrogens with zero attached hydrogens (tertiary/aromatic N) is 3. The van der Waals surface area contributed by atoms with Crippen LogP contribution in [0.1, 0.15) is 49.3 Å². The summed E-state index contributed by atoms with van der Waals surface area (Å²) >= 11 is 0. The molecule has 0 atom stereocenters. The van der Waals surface area contributed by atoms with Gasteiger partial charge in [0.2, 0.25) is 0 Å². The van der Waals surface area contributed by atoms with Crippen LogP contribution in [0.15, 0.2) is 6.07 Å².